The summed E-state index contributed by atoms with van der Waals surface area (Å²) >= 11 is 0. The number of Topliss-reactive ketones (excluding diaryl/α,β-unsaturated/α-hetero) is 1. The number of nitrogens with zero attached hydrogens (tertiary/aromatic N) is 1. The van der Waals surface area contributed by atoms with Crippen molar-refractivity contribution in [3.8, 4) is 0 Å². The van der Waals surface area contributed by atoms with Gasteiger partial charge in [0.15, 0.2) is 5.78 Å². The minimum Gasteiger partial charge on any atom is -0.298 e. The monoisotopic (exact) mass is 167 g/mol. The molecule has 3 aliphatic rings. The topological polar surface area (TPSA) is 20.3 Å². The molecular formula is C10H17NO. The van der Waals surface area contributed by atoms with Gasteiger partial charge < -0.3 is 0 Å². The third kappa shape index (κ3) is 0.939. The van der Waals surface area contributed by atoms with Crippen molar-refractivity contribution in [1.82, 2.24) is 4.90 Å². The molecule has 0 aliphatic carbocycles. The fourth-order valence-electron chi connectivity index (χ4n) is 2.65. The predicted molar refractivity (Wildman–Crippen MR) is 48.0 cm³/mol. The Bertz CT molecular complexity index is 202. The summed E-state index contributed by atoms with van der Waals surface area (Å²) in [7, 11) is 0. The Balaban J connectivity index is 2.26. The summed E-state index contributed by atoms with van der Waals surface area (Å²) < 4.78 is 0. The first kappa shape index (κ1) is 8.24. The lowest BCUT2D eigenvalue weighted by Gasteiger charge is -2.49. The highest BCUT2D eigenvalue weighted by atomic mass is 16.1. The zero-order chi connectivity index (χ0) is 8.77. The van der Waals surface area contributed by atoms with E-state index in [9.17, 15) is 4.79 Å². The summed E-state index contributed by atoms with van der Waals surface area (Å²) in [5.41, 5.74) is 0.0642. The van der Waals surface area contributed by atoms with E-state index in [1.54, 1.807) is 0 Å². The molecule has 0 spiro atoms. The largest absolute Gasteiger partial charge is 0.298 e. The highest BCUT2D eigenvalue weighted by Gasteiger charge is 2.47. The van der Waals surface area contributed by atoms with Crippen LogP contribution in [0, 0.1) is 11.3 Å². The van der Waals surface area contributed by atoms with Crippen molar-refractivity contribution in [2.45, 2.75) is 26.7 Å². The second-order valence-electron chi connectivity index (χ2n) is 4.51. The lowest BCUT2D eigenvalue weighted by molar-refractivity contribution is -0.144. The van der Waals surface area contributed by atoms with Crippen molar-refractivity contribution < 1.29 is 4.79 Å². The molecule has 3 saturated heterocycles. The summed E-state index contributed by atoms with van der Waals surface area (Å²) in [6, 6.07) is 0. The molecule has 0 unspecified atom stereocenters. The van der Waals surface area contributed by atoms with Crippen LogP contribution in [-0.2, 0) is 4.79 Å². The second kappa shape index (κ2) is 2.56. The standard InChI is InChI=1S/C10H17NO/c1-8(2)10-3-5-11(6-4-10)7-9(10)12/h8H,3-7H2,1-2H3. The number of carbonyl (C=O) groups is 1. The number of piperidine rings is 3. The molecule has 68 valence electrons. The quantitative estimate of drug-likeness (QED) is 0.587. The number of fused-ring (bicyclic) bond motifs is 3. The van der Waals surface area contributed by atoms with Crippen LogP contribution in [0.3, 0.4) is 0 Å². The van der Waals surface area contributed by atoms with Gasteiger partial charge in [0.2, 0.25) is 0 Å². The molecule has 0 aromatic rings. The van der Waals surface area contributed by atoms with Crippen LogP contribution in [0.25, 0.3) is 0 Å². The first-order chi connectivity index (χ1) is 5.65. The van der Waals surface area contributed by atoms with Gasteiger partial charge in [-0.2, -0.15) is 0 Å². The maximum absolute atomic E-state index is 11.8. The van der Waals surface area contributed by atoms with Crippen LogP contribution in [0.5, 0.6) is 0 Å². The minimum absolute atomic E-state index is 0.0642. The van der Waals surface area contributed by atoms with Gasteiger partial charge in [-0.05, 0) is 31.8 Å². The molecule has 0 aromatic carbocycles. The molecule has 0 aromatic heterocycles. The molecule has 2 bridgehead atoms. The van der Waals surface area contributed by atoms with E-state index in [4.69, 9.17) is 0 Å². The van der Waals surface area contributed by atoms with Gasteiger partial charge in [-0.25, -0.2) is 0 Å². The molecule has 12 heavy (non-hydrogen) atoms. The average Bonchev–Trinajstić information content (AvgIpc) is 2.05. The van der Waals surface area contributed by atoms with Gasteiger partial charge in [0.25, 0.3) is 0 Å². The third-order valence-corrected chi connectivity index (χ3v) is 3.78. The van der Waals surface area contributed by atoms with Gasteiger partial charge in [0, 0.05) is 5.41 Å². The Labute approximate surface area is 73.9 Å². The zero-order valence-electron chi connectivity index (χ0n) is 7.97. The highest BCUT2D eigenvalue weighted by molar-refractivity contribution is 5.88. The Morgan fingerprint density at radius 3 is 2.25 bits per heavy atom. The van der Waals surface area contributed by atoms with Crippen molar-refractivity contribution >= 4 is 5.78 Å². The van der Waals surface area contributed by atoms with E-state index < -0.39 is 0 Å². The van der Waals surface area contributed by atoms with E-state index in [2.05, 4.69) is 18.7 Å². The number of carbonyl (C=O) groups excluding carboxylic acids is 1. The van der Waals surface area contributed by atoms with E-state index in [1.807, 2.05) is 0 Å². The summed E-state index contributed by atoms with van der Waals surface area (Å²) in [6.45, 7) is 7.39. The molecule has 0 saturated carbocycles. The van der Waals surface area contributed by atoms with Crippen LogP contribution in [0.1, 0.15) is 26.7 Å². The number of rotatable bonds is 1. The lowest BCUT2D eigenvalue weighted by atomic mass is 9.64. The summed E-state index contributed by atoms with van der Waals surface area (Å²) in [6.07, 6.45) is 2.20. The fraction of sp³-hybridized carbons (Fsp3) is 0.900. The fourth-order valence-corrected chi connectivity index (χ4v) is 2.65. The normalized spacial score (nSPS) is 40.9. The van der Waals surface area contributed by atoms with Gasteiger partial charge in [0.05, 0.1) is 6.54 Å². The maximum Gasteiger partial charge on any atom is 0.153 e. The van der Waals surface area contributed by atoms with E-state index in [0.717, 1.165) is 32.5 Å². The molecule has 3 rings (SSSR count). The Kier molecular flexibility index (Phi) is 1.76. The van der Waals surface area contributed by atoms with E-state index in [0.29, 0.717) is 11.7 Å². The Morgan fingerprint density at radius 1 is 1.33 bits per heavy atom. The molecule has 3 heterocycles. The third-order valence-electron chi connectivity index (χ3n) is 3.78. The molecular weight excluding hydrogens is 150 g/mol. The van der Waals surface area contributed by atoms with Crippen LogP contribution < -0.4 is 0 Å². The second-order valence-corrected chi connectivity index (χ2v) is 4.51. The van der Waals surface area contributed by atoms with Crippen LogP contribution in [-0.4, -0.2) is 30.3 Å². The summed E-state index contributed by atoms with van der Waals surface area (Å²) in [4.78, 5) is 14.1. The van der Waals surface area contributed by atoms with E-state index in [-0.39, 0.29) is 5.41 Å². The highest BCUT2D eigenvalue weighted by Crippen LogP contribution is 2.43. The van der Waals surface area contributed by atoms with Crippen LogP contribution >= 0.6 is 0 Å². The smallest absolute Gasteiger partial charge is 0.153 e. The lowest BCUT2D eigenvalue weighted by Crippen LogP contribution is -2.57. The molecule has 0 atom stereocenters. The number of hydrogen-bond donors (Lipinski definition) is 0. The van der Waals surface area contributed by atoms with Gasteiger partial charge in [-0.3, -0.25) is 9.69 Å². The Hall–Kier alpha value is -0.370. The van der Waals surface area contributed by atoms with Gasteiger partial charge in [-0.1, -0.05) is 13.8 Å². The van der Waals surface area contributed by atoms with Gasteiger partial charge in [0.1, 0.15) is 0 Å². The molecule has 3 fully saturated rings. The van der Waals surface area contributed by atoms with Crippen molar-refractivity contribution in [2.24, 2.45) is 11.3 Å². The molecule has 0 amide bonds. The van der Waals surface area contributed by atoms with Crippen LogP contribution in [0.4, 0.5) is 0 Å². The van der Waals surface area contributed by atoms with Crippen LogP contribution in [0.15, 0.2) is 0 Å². The summed E-state index contributed by atoms with van der Waals surface area (Å²) in [5, 5.41) is 0. The van der Waals surface area contributed by atoms with E-state index >= 15 is 0 Å². The maximum atomic E-state index is 11.8. The Morgan fingerprint density at radius 2 is 1.92 bits per heavy atom. The molecule has 3 aliphatic heterocycles. The number of ketones is 1. The average molecular weight is 167 g/mol. The van der Waals surface area contributed by atoms with Crippen molar-refractivity contribution in [2.75, 3.05) is 19.6 Å². The SMILES string of the molecule is CC(C)C12CCN(CC1)CC2=O. The first-order valence-corrected chi connectivity index (χ1v) is 4.91. The molecule has 2 heteroatoms. The molecule has 2 nitrogen and oxygen atoms in total. The van der Waals surface area contributed by atoms with Crippen molar-refractivity contribution in [3.63, 3.8) is 0 Å². The van der Waals surface area contributed by atoms with Crippen molar-refractivity contribution in [3.05, 3.63) is 0 Å². The van der Waals surface area contributed by atoms with Gasteiger partial charge >= 0.3 is 0 Å². The minimum atomic E-state index is 0.0642. The van der Waals surface area contributed by atoms with E-state index in [1.165, 1.54) is 0 Å². The summed E-state index contributed by atoms with van der Waals surface area (Å²) in [5.74, 6) is 1.03. The molecule has 0 radical (unpaired) electrons. The molecule has 0 N–H and O–H groups in total. The van der Waals surface area contributed by atoms with Crippen molar-refractivity contribution in [1.29, 1.82) is 0 Å². The first-order valence-electron chi connectivity index (χ1n) is 4.91. The van der Waals surface area contributed by atoms with Gasteiger partial charge in [-0.15, -0.1) is 0 Å². The zero-order valence-corrected chi connectivity index (χ0v) is 7.97. The van der Waals surface area contributed by atoms with Crippen LogP contribution in [0.2, 0.25) is 0 Å². The number of hydrogen-bond acceptors (Lipinski definition) is 2. The predicted octanol–water partition coefficient (Wildman–Crippen LogP) is 1.31.